The van der Waals surface area contributed by atoms with Gasteiger partial charge in [-0.05, 0) is 58.7 Å². The Kier molecular flexibility index (Phi) is 6.40. The second kappa shape index (κ2) is 11.1. The first kappa shape index (κ1) is 28.3. The van der Waals surface area contributed by atoms with Crippen LogP contribution in [0.5, 0.6) is 0 Å². The lowest BCUT2D eigenvalue weighted by molar-refractivity contribution is 0.731. The highest BCUT2D eigenvalue weighted by Gasteiger charge is 2.46. The lowest BCUT2D eigenvalue weighted by Gasteiger charge is -2.46. The summed E-state index contributed by atoms with van der Waals surface area (Å²) in [7, 11) is 0. The fraction of sp³-hybridized carbons (Fsp3) is 0.0227. The van der Waals surface area contributed by atoms with Crippen LogP contribution < -0.4 is 4.90 Å². The van der Waals surface area contributed by atoms with Gasteiger partial charge in [0, 0.05) is 23.2 Å². The van der Waals surface area contributed by atoms with Crippen molar-refractivity contribution < 1.29 is 0 Å². The number of nitriles is 1. The lowest BCUT2D eigenvalue weighted by Crippen LogP contribution is -2.37. The van der Waals surface area contributed by atoms with E-state index in [0.29, 0.717) is 22.6 Å². The molecule has 5 nitrogen and oxygen atoms in total. The quantitative estimate of drug-likeness (QED) is 0.183. The molecule has 0 aliphatic carbocycles. The minimum absolute atomic E-state index is 0.404. The van der Waals surface area contributed by atoms with Crippen LogP contribution in [-0.4, -0.2) is 9.55 Å². The maximum Gasteiger partial charge on any atom is 0.212 e. The molecule has 5 heteroatoms. The molecule has 6 aromatic carbocycles. The molecule has 0 N–H and O–H groups in total. The molecule has 9 rings (SSSR count). The van der Waals surface area contributed by atoms with Crippen LogP contribution >= 0.6 is 0 Å². The molecule has 8 aromatic rings. The Balaban J connectivity index is 1.39. The first-order valence-corrected chi connectivity index (χ1v) is 16.1. The van der Waals surface area contributed by atoms with Crippen LogP contribution in [0, 0.1) is 17.9 Å². The van der Waals surface area contributed by atoms with E-state index >= 15 is 0 Å². The summed E-state index contributed by atoms with van der Waals surface area (Å²) in [5.74, 6) is 0. The highest BCUT2D eigenvalue weighted by atomic mass is 15.2. The SMILES string of the molecule is [C-]#[N+]c1cc(C#N)c(N2c3ccccc3C(c3ccccc3)(c3ccccc3)c3ccccc32)cc1-n1c2ccccc2c2cnccc21. The van der Waals surface area contributed by atoms with Crippen molar-refractivity contribution in [2.45, 2.75) is 5.41 Å². The number of hydrogen-bond acceptors (Lipinski definition) is 3. The van der Waals surface area contributed by atoms with Crippen LogP contribution in [0.15, 0.2) is 164 Å². The van der Waals surface area contributed by atoms with Crippen molar-refractivity contribution in [2.24, 2.45) is 0 Å². The molecular weight excluding hydrogens is 599 g/mol. The summed E-state index contributed by atoms with van der Waals surface area (Å²) >= 11 is 0. The highest BCUT2D eigenvalue weighted by Crippen LogP contribution is 2.58. The normalized spacial score (nSPS) is 13.0. The monoisotopic (exact) mass is 625 g/mol. The van der Waals surface area contributed by atoms with Crippen molar-refractivity contribution in [1.29, 1.82) is 5.26 Å². The smallest absolute Gasteiger partial charge is 0.212 e. The van der Waals surface area contributed by atoms with Crippen molar-refractivity contribution in [2.75, 3.05) is 4.90 Å². The van der Waals surface area contributed by atoms with Gasteiger partial charge < -0.3 is 9.47 Å². The average Bonchev–Trinajstić information content (AvgIpc) is 3.51. The van der Waals surface area contributed by atoms with Crippen molar-refractivity contribution in [3.63, 3.8) is 0 Å². The zero-order valence-corrected chi connectivity index (χ0v) is 26.3. The topological polar surface area (TPSA) is 49.2 Å². The Hall–Kier alpha value is -6.95. The van der Waals surface area contributed by atoms with Gasteiger partial charge in [-0.3, -0.25) is 4.98 Å². The third-order valence-corrected chi connectivity index (χ3v) is 9.80. The number of nitrogens with zero attached hydrogens (tertiary/aromatic N) is 5. The van der Waals surface area contributed by atoms with Gasteiger partial charge in [0.15, 0.2) is 0 Å². The maximum absolute atomic E-state index is 10.7. The number of rotatable bonds is 4. The summed E-state index contributed by atoms with van der Waals surface area (Å²) in [6.07, 6.45) is 3.66. The fourth-order valence-corrected chi connectivity index (χ4v) is 7.86. The van der Waals surface area contributed by atoms with Gasteiger partial charge in [-0.25, -0.2) is 4.85 Å². The van der Waals surface area contributed by atoms with Gasteiger partial charge >= 0.3 is 0 Å². The van der Waals surface area contributed by atoms with Crippen LogP contribution in [0.1, 0.15) is 27.8 Å². The van der Waals surface area contributed by atoms with E-state index in [1.165, 1.54) is 0 Å². The first-order chi connectivity index (χ1) is 24.3. The van der Waals surface area contributed by atoms with Gasteiger partial charge in [0.25, 0.3) is 0 Å². The number of fused-ring (bicyclic) bond motifs is 5. The number of pyridine rings is 1. The molecule has 0 saturated carbocycles. The van der Waals surface area contributed by atoms with Gasteiger partial charge in [0.1, 0.15) is 0 Å². The summed E-state index contributed by atoms with van der Waals surface area (Å²) in [5.41, 5.74) is 10.0. The van der Waals surface area contributed by atoms with Crippen molar-refractivity contribution in [1.82, 2.24) is 9.55 Å². The molecule has 0 spiro atoms. The largest absolute Gasteiger partial charge is 0.319 e. The standard InChI is InChI=1S/C44H27N5/c1-46-37-26-30(28-45)42(27-43(37)48-38-21-11-8-18-33(38)34-29-47-25-24-39(34)48)49-40-22-12-9-19-35(40)44(31-14-4-2-5-15-31,32-16-6-3-7-17-32)36-20-10-13-23-41(36)49/h2-27,29H. The van der Waals surface area contributed by atoms with Crippen molar-refractivity contribution in [3.05, 3.63) is 203 Å². The zero-order valence-electron chi connectivity index (χ0n) is 26.3. The second-order valence-corrected chi connectivity index (χ2v) is 12.2. The van der Waals surface area contributed by atoms with Crippen molar-refractivity contribution >= 4 is 44.6 Å². The van der Waals surface area contributed by atoms with Gasteiger partial charge in [-0.15, -0.1) is 0 Å². The van der Waals surface area contributed by atoms with E-state index in [2.05, 4.69) is 147 Å². The van der Waals surface area contributed by atoms with Crippen LogP contribution in [0.4, 0.5) is 22.7 Å². The molecule has 1 aliphatic rings. The number of benzene rings is 6. The Labute approximate surface area is 284 Å². The summed E-state index contributed by atoms with van der Waals surface area (Å²) in [5, 5.41) is 12.8. The third kappa shape index (κ3) is 4.00. The molecule has 1 aliphatic heterocycles. The molecular formula is C44H27N5. The Morgan fingerprint density at radius 1 is 0.592 bits per heavy atom. The van der Waals surface area contributed by atoms with E-state index in [-0.39, 0.29) is 0 Å². The van der Waals surface area contributed by atoms with E-state index < -0.39 is 5.41 Å². The number of anilines is 3. The number of hydrogen-bond donors (Lipinski definition) is 0. The summed E-state index contributed by atoms with van der Waals surface area (Å²) in [6, 6.07) is 54.7. The first-order valence-electron chi connectivity index (χ1n) is 16.1. The van der Waals surface area contributed by atoms with Crippen LogP contribution in [-0.2, 0) is 5.41 Å². The molecule has 0 radical (unpaired) electrons. The lowest BCUT2D eigenvalue weighted by atomic mass is 9.62. The molecule has 0 bridgehead atoms. The molecule has 0 atom stereocenters. The van der Waals surface area contributed by atoms with E-state index in [4.69, 9.17) is 6.57 Å². The Morgan fingerprint density at radius 2 is 1.16 bits per heavy atom. The predicted octanol–water partition coefficient (Wildman–Crippen LogP) is 10.8. The molecule has 49 heavy (non-hydrogen) atoms. The van der Waals surface area contributed by atoms with E-state index in [9.17, 15) is 5.26 Å². The second-order valence-electron chi connectivity index (χ2n) is 12.2. The van der Waals surface area contributed by atoms with E-state index in [1.54, 1.807) is 12.3 Å². The molecule has 0 saturated heterocycles. The van der Waals surface area contributed by atoms with Crippen LogP contribution in [0.3, 0.4) is 0 Å². The molecule has 2 aromatic heterocycles. The summed E-state index contributed by atoms with van der Waals surface area (Å²) in [4.78, 5) is 10.6. The van der Waals surface area contributed by atoms with Crippen LogP contribution in [0.2, 0.25) is 0 Å². The predicted molar refractivity (Wildman–Crippen MR) is 196 cm³/mol. The average molecular weight is 626 g/mol. The van der Waals surface area contributed by atoms with Crippen LogP contribution in [0.25, 0.3) is 32.3 Å². The zero-order chi connectivity index (χ0) is 33.0. The summed E-state index contributed by atoms with van der Waals surface area (Å²) in [6.45, 7) is 8.24. The maximum atomic E-state index is 10.7. The molecule has 228 valence electrons. The Bertz CT molecular complexity index is 2500. The fourth-order valence-electron chi connectivity index (χ4n) is 7.86. The highest BCUT2D eigenvalue weighted by molar-refractivity contribution is 6.09. The molecule has 3 heterocycles. The van der Waals surface area contributed by atoms with Gasteiger partial charge in [-0.1, -0.05) is 115 Å². The molecule has 0 fully saturated rings. The van der Waals surface area contributed by atoms with Gasteiger partial charge in [-0.2, -0.15) is 5.26 Å². The van der Waals surface area contributed by atoms with E-state index in [1.807, 2.05) is 30.5 Å². The third-order valence-electron chi connectivity index (χ3n) is 9.80. The molecule has 0 amide bonds. The minimum Gasteiger partial charge on any atom is -0.319 e. The minimum atomic E-state index is -0.627. The summed E-state index contributed by atoms with van der Waals surface area (Å²) < 4.78 is 2.13. The van der Waals surface area contributed by atoms with E-state index in [0.717, 1.165) is 55.4 Å². The number of aromatic nitrogens is 2. The number of para-hydroxylation sites is 3. The van der Waals surface area contributed by atoms with Gasteiger partial charge in [0.05, 0.1) is 57.4 Å². The molecule has 0 unspecified atom stereocenters. The van der Waals surface area contributed by atoms with Crippen molar-refractivity contribution in [3.8, 4) is 11.8 Å². The van der Waals surface area contributed by atoms with Gasteiger partial charge in [0.2, 0.25) is 5.69 Å². The Morgan fingerprint density at radius 3 is 1.80 bits per heavy atom.